The van der Waals surface area contributed by atoms with Gasteiger partial charge in [-0.05, 0) is 48.7 Å². The lowest BCUT2D eigenvalue weighted by Crippen LogP contribution is -3.12. The Balaban J connectivity index is 1.47. The molecule has 2 unspecified atom stereocenters. The zero-order chi connectivity index (χ0) is 20.4. The van der Waals surface area contributed by atoms with E-state index in [1.165, 1.54) is 4.90 Å². The summed E-state index contributed by atoms with van der Waals surface area (Å²) in [5.74, 6) is -0.458. The lowest BCUT2D eigenvalue weighted by Gasteiger charge is -2.18. The van der Waals surface area contributed by atoms with Gasteiger partial charge >= 0.3 is 0 Å². The molecule has 2 heterocycles. The number of quaternary nitrogens is 1. The van der Waals surface area contributed by atoms with E-state index in [9.17, 15) is 9.59 Å². The number of para-hydroxylation sites is 1. The van der Waals surface area contributed by atoms with Crippen LogP contribution < -0.4 is 15.5 Å². The molecule has 2 aliphatic heterocycles. The van der Waals surface area contributed by atoms with Crippen LogP contribution in [0.3, 0.4) is 0 Å². The molecule has 0 bridgehead atoms. The Morgan fingerprint density at radius 3 is 2.76 bits per heavy atom. The second kappa shape index (κ2) is 8.35. The van der Waals surface area contributed by atoms with Crippen molar-refractivity contribution in [3.05, 3.63) is 64.7 Å². The van der Waals surface area contributed by atoms with Gasteiger partial charge in [-0.1, -0.05) is 24.3 Å². The molecular formula is C23H28N3O3+. The minimum absolute atomic E-state index is 0.0372. The van der Waals surface area contributed by atoms with Crippen molar-refractivity contribution in [3.63, 3.8) is 0 Å². The Hall–Kier alpha value is -2.70. The van der Waals surface area contributed by atoms with E-state index in [2.05, 4.69) is 24.5 Å². The first kappa shape index (κ1) is 19.6. The summed E-state index contributed by atoms with van der Waals surface area (Å²) in [4.78, 5) is 26.6. The van der Waals surface area contributed by atoms with Gasteiger partial charge in [-0.15, -0.1) is 0 Å². The van der Waals surface area contributed by atoms with Crippen molar-refractivity contribution in [1.29, 1.82) is 0 Å². The first-order chi connectivity index (χ1) is 14.1. The van der Waals surface area contributed by atoms with Crippen molar-refractivity contribution in [2.75, 3.05) is 31.5 Å². The van der Waals surface area contributed by atoms with Crippen molar-refractivity contribution in [1.82, 2.24) is 5.32 Å². The van der Waals surface area contributed by atoms with Gasteiger partial charge < -0.3 is 20.3 Å². The van der Waals surface area contributed by atoms with Crippen LogP contribution >= 0.6 is 0 Å². The SMILES string of the molecule is CC[NH+](CC)CCNC(=O)c1ccc2c(c1)COC2C1C(=O)Nc2ccccc21. The predicted molar refractivity (Wildman–Crippen MR) is 111 cm³/mol. The number of hydrogen-bond acceptors (Lipinski definition) is 3. The molecule has 2 amide bonds. The number of hydrogen-bond donors (Lipinski definition) is 3. The highest BCUT2D eigenvalue weighted by Crippen LogP contribution is 2.46. The standard InChI is InChI=1S/C23H27N3O3/c1-3-26(4-2)12-11-24-22(27)15-9-10-17-16(13-15)14-29-21(17)20-18-7-5-6-8-19(18)25-23(20)28/h5-10,13,20-21H,3-4,11-12,14H2,1-2H3,(H,24,27)(H,25,28)/p+1. The third kappa shape index (κ3) is 3.78. The first-order valence-corrected chi connectivity index (χ1v) is 10.4. The number of benzene rings is 2. The average molecular weight is 394 g/mol. The number of carbonyl (C=O) groups excluding carboxylic acids is 2. The number of amides is 2. The lowest BCUT2D eigenvalue weighted by atomic mass is 9.89. The summed E-state index contributed by atoms with van der Waals surface area (Å²) in [7, 11) is 0. The normalized spacial score (nSPS) is 19.8. The summed E-state index contributed by atoms with van der Waals surface area (Å²) in [6, 6.07) is 13.4. The maximum atomic E-state index is 12.6. The number of ether oxygens (including phenoxy) is 1. The molecular weight excluding hydrogens is 366 g/mol. The molecule has 0 saturated heterocycles. The van der Waals surface area contributed by atoms with Gasteiger partial charge in [0, 0.05) is 11.3 Å². The number of anilines is 1. The van der Waals surface area contributed by atoms with Gasteiger partial charge in [0.25, 0.3) is 5.91 Å². The van der Waals surface area contributed by atoms with Gasteiger partial charge in [-0.25, -0.2) is 0 Å². The van der Waals surface area contributed by atoms with Crippen LogP contribution in [0.15, 0.2) is 42.5 Å². The fourth-order valence-electron chi connectivity index (χ4n) is 4.29. The van der Waals surface area contributed by atoms with E-state index < -0.39 is 0 Å². The van der Waals surface area contributed by atoms with Gasteiger partial charge in [-0.2, -0.15) is 0 Å². The second-order valence-corrected chi connectivity index (χ2v) is 7.66. The zero-order valence-corrected chi connectivity index (χ0v) is 17.0. The van der Waals surface area contributed by atoms with Crippen LogP contribution in [0.2, 0.25) is 0 Å². The predicted octanol–water partition coefficient (Wildman–Crippen LogP) is 1.65. The largest absolute Gasteiger partial charge is 0.368 e. The quantitative estimate of drug-likeness (QED) is 0.669. The van der Waals surface area contributed by atoms with Crippen molar-refractivity contribution < 1.29 is 19.2 Å². The van der Waals surface area contributed by atoms with Crippen molar-refractivity contribution in [2.45, 2.75) is 32.5 Å². The second-order valence-electron chi connectivity index (χ2n) is 7.66. The van der Waals surface area contributed by atoms with Crippen LogP contribution in [-0.4, -0.2) is 38.0 Å². The summed E-state index contributed by atoms with van der Waals surface area (Å²) in [6.45, 7) is 8.41. The van der Waals surface area contributed by atoms with Crippen LogP contribution in [0.4, 0.5) is 5.69 Å². The summed E-state index contributed by atoms with van der Waals surface area (Å²) >= 11 is 0. The maximum Gasteiger partial charge on any atom is 0.251 e. The molecule has 4 rings (SSSR count). The molecule has 0 spiro atoms. The third-order valence-corrected chi connectivity index (χ3v) is 6.03. The van der Waals surface area contributed by atoms with Crippen LogP contribution in [0, 0.1) is 0 Å². The van der Waals surface area contributed by atoms with Crippen molar-refractivity contribution in [2.24, 2.45) is 0 Å². The molecule has 6 nitrogen and oxygen atoms in total. The highest BCUT2D eigenvalue weighted by molar-refractivity contribution is 6.03. The molecule has 6 heteroatoms. The van der Waals surface area contributed by atoms with Crippen molar-refractivity contribution >= 4 is 17.5 Å². The number of fused-ring (bicyclic) bond motifs is 2. The van der Waals surface area contributed by atoms with Crippen LogP contribution in [0.1, 0.15) is 52.9 Å². The van der Waals surface area contributed by atoms with E-state index >= 15 is 0 Å². The maximum absolute atomic E-state index is 12.6. The Morgan fingerprint density at radius 2 is 1.97 bits per heavy atom. The molecule has 3 N–H and O–H groups in total. The summed E-state index contributed by atoms with van der Waals surface area (Å²) in [5.41, 5.74) is 4.43. The third-order valence-electron chi connectivity index (χ3n) is 6.03. The topological polar surface area (TPSA) is 71.9 Å². The Labute approximate surface area is 171 Å². The number of carbonyl (C=O) groups is 2. The van der Waals surface area contributed by atoms with Crippen LogP contribution in [-0.2, 0) is 16.1 Å². The summed E-state index contributed by atoms with van der Waals surface area (Å²) < 4.78 is 6.02. The van der Waals surface area contributed by atoms with Crippen LogP contribution in [0.25, 0.3) is 0 Å². The van der Waals surface area contributed by atoms with Gasteiger partial charge in [0.2, 0.25) is 5.91 Å². The molecule has 0 saturated carbocycles. The summed E-state index contributed by atoms with van der Waals surface area (Å²) in [5, 5.41) is 5.95. The first-order valence-electron chi connectivity index (χ1n) is 10.4. The minimum atomic E-state index is -0.357. The van der Waals surface area contributed by atoms with Gasteiger partial charge in [0.15, 0.2) is 0 Å². The lowest BCUT2D eigenvalue weighted by molar-refractivity contribution is -0.895. The Morgan fingerprint density at radius 1 is 1.17 bits per heavy atom. The molecule has 29 heavy (non-hydrogen) atoms. The van der Waals surface area contributed by atoms with E-state index in [4.69, 9.17) is 4.74 Å². The smallest absolute Gasteiger partial charge is 0.251 e. The zero-order valence-electron chi connectivity index (χ0n) is 17.0. The van der Waals surface area contributed by atoms with Gasteiger partial charge in [-0.3, -0.25) is 9.59 Å². The van der Waals surface area contributed by atoms with E-state index in [0.29, 0.717) is 18.7 Å². The molecule has 152 valence electrons. The monoisotopic (exact) mass is 394 g/mol. The molecule has 2 atom stereocenters. The highest BCUT2D eigenvalue weighted by atomic mass is 16.5. The molecule has 2 aromatic carbocycles. The Bertz CT molecular complexity index is 923. The highest BCUT2D eigenvalue weighted by Gasteiger charge is 2.41. The van der Waals surface area contributed by atoms with Crippen molar-refractivity contribution in [3.8, 4) is 0 Å². The average Bonchev–Trinajstić information content (AvgIpc) is 3.30. The van der Waals surface area contributed by atoms with E-state index in [-0.39, 0.29) is 23.8 Å². The molecule has 0 aliphatic carbocycles. The molecule has 2 aromatic rings. The molecule has 2 aliphatic rings. The number of rotatable bonds is 7. The van der Waals surface area contributed by atoms with Gasteiger partial charge in [0.1, 0.15) is 0 Å². The van der Waals surface area contributed by atoms with E-state index in [1.807, 2.05) is 42.5 Å². The fraction of sp³-hybridized carbons (Fsp3) is 0.391. The fourth-order valence-corrected chi connectivity index (χ4v) is 4.29. The number of likely N-dealkylation sites (N-methyl/N-ethyl adjacent to an activating group) is 1. The Kier molecular flexibility index (Phi) is 5.65. The summed E-state index contributed by atoms with van der Waals surface area (Å²) in [6.07, 6.45) is -0.322. The molecule has 0 aromatic heterocycles. The van der Waals surface area contributed by atoms with E-state index in [1.54, 1.807) is 0 Å². The van der Waals surface area contributed by atoms with Gasteiger partial charge in [0.05, 0.1) is 44.8 Å². The van der Waals surface area contributed by atoms with Crippen LogP contribution in [0.5, 0.6) is 0 Å². The molecule has 0 fully saturated rings. The van der Waals surface area contributed by atoms with E-state index in [0.717, 1.165) is 42.0 Å². The number of nitrogens with one attached hydrogen (secondary N) is 3. The minimum Gasteiger partial charge on any atom is -0.368 e. The molecule has 0 radical (unpaired) electrons.